The summed E-state index contributed by atoms with van der Waals surface area (Å²) in [5, 5.41) is 3.31. The Morgan fingerprint density at radius 3 is 2.87 bits per heavy atom. The Kier molecular flexibility index (Phi) is 4.61. The summed E-state index contributed by atoms with van der Waals surface area (Å²) in [6.45, 7) is 2.61. The second-order valence-electron chi connectivity index (χ2n) is 3.26. The molecule has 0 aromatic heterocycles. The van der Waals surface area contributed by atoms with Gasteiger partial charge in [0.05, 0.1) is 11.1 Å². The van der Waals surface area contributed by atoms with E-state index in [0.29, 0.717) is 6.54 Å². The molecule has 0 heterocycles. The van der Waals surface area contributed by atoms with Crippen molar-refractivity contribution >= 4 is 11.6 Å². The van der Waals surface area contributed by atoms with Gasteiger partial charge >= 0.3 is 0 Å². The van der Waals surface area contributed by atoms with E-state index in [1.807, 2.05) is 6.92 Å². The van der Waals surface area contributed by atoms with Crippen LogP contribution < -0.4 is 5.32 Å². The van der Waals surface area contributed by atoms with Gasteiger partial charge in [-0.15, -0.1) is 6.42 Å². The number of halogens is 2. The summed E-state index contributed by atoms with van der Waals surface area (Å²) in [5.41, 5.74) is 0.926. The topological polar surface area (TPSA) is 12.0 Å². The predicted octanol–water partition coefficient (Wildman–Crippen LogP) is 2.98. The van der Waals surface area contributed by atoms with Gasteiger partial charge in [-0.05, 0) is 24.1 Å². The van der Waals surface area contributed by atoms with Crippen molar-refractivity contribution in [1.29, 1.82) is 0 Å². The van der Waals surface area contributed by atoms with Crippen LogP contribution in [0.15, 0.2) is 18.2 Å². The quantitative estimate of drug-likeness (QED) is 0.777. The number of nitrogens with one attached hydrogen (secondary N) is 1. The molecule has 0 amide bonds. The van der Waals surface area contributed by atoms with E-state index >= 15 is 0 Å². The maximum absolute atomic E-state index is 12.8. The van der Waals surface area contributed by atoms with Crippen LogP contribution >= 0.6 is 11.6 Å². The fourth-order valence-electron chi connectivity index (χ4n) is 1.21. The average Bonchev–Trinajstić information content (AvgIpc) is 2.24. The van der Waals surface area contributed by atoms with Gasteiger partial charge in [0.15, 0.2) is 0 Å². The Morgan fingerprint density at radius 2 is 2.33 bits per heavy atom. The maximum Gasteiger partial charge on any atom is 0.141 e. The Balaban J connectivity index is 2.59. The summed E-state index contributed by atoms with van der Waals surface area (Å²) >= 11 is 5.65. The molecular weight excluding hydrogens is 213 g/mol. The minimum Gasteiger partial charge on any atom is -0.300 e. The van der Waals surface area contributed by atoms with Gasteiger partial charge in [-0.1, -0.05) is 30.5 Å². The first-order chi connectivity index (χ1) is 7.17. The Hall–Kier alpha value is -1.04. The van der Waals surface area contributed by atoms with Crippen molar-refractivity contribution in [1.82, 2.24) is 5.32 Å². The van der Waals surface area contributed by atoms with Crippen LogP contribution in [0.4, 0.5) is 4.39 Å². The van der Waals surface area contributed by atoms with Gasteiger partial charge in [-0.2, -0.15) is 0 Å². The normalized spacial score (nSPS) is 12.1. The molecule has 3 heteroatoms. The van der Waals surface area contributed by atoms with E-state index in [9.17, 15) is 4.39 Å². The minimum atomic E-state index is -0.399. The minimum absolute atomic E-state index is 0.0498. The summed E-state index contributed by atoms with van der Waals surface area (Å²) in [4.78, 5) is 0. The lowest BCUT2D eigenvalue weighted by molar-refractivity contribution is 0.590. The zero-order valence-electron chi connectivity index (χ0n) is 8.56. The fraction of sp³-hybridized carbons (Fsp3) is 0.333. The van der Waals surface area contributed by atoms with Crippen LogP contribution in [-0.4, -0.2) is 6.04 Å². The highest BCUT2D eigenvalue weighted by Gasteiger charge is 2.03. The van der Waals surface area contributed by atoms with Crippen molar-refractivity contribution in [2.24, 2.45) is 0 Å². The van der Waals surface area contributed by atoms with Crippen LogP contribution in [0.3, 0.4) is 0 Å². The molecule has 1 nitrogen and oxygen atoms in total. The molecule has 0 spiro atoms. The molecule has 0 radical (unpaired) electrons. The van der Waals surface area contributed by atoms with Crippen molar-refractivity contribution in [2.75, 3.05) is 0 Å². The lowest BCUT2D eigenvalue weighted by Crippen LogP contribution is -2.26. The third-order valence-corrected chi connectivity index (χ3v) is 2.44. The van der Waals surface area contributed by atoms with Gasteiger partial charge in [0, 0.05) is 6.54 Å². The van der Waals surface area contributed by atoms with Gasteiger partial charge in [0.25, 0.3) is 0 Å². The third kappa shape index (κ3) is 3.54. The molecule has 0 saturated carbocycles. The highest BCUT2D eigenvalue weighted by molar-refractivity contribution is 6.30. The van der Waals surface area contributed by atoms with Crippen LogP contribution in [0.5, 0.6) is 0 Å². The van der Waals surface area contributed by atoms with Gasteiger partial charge in [0.1, 0.15) is 5.82 Å². The van der Waals surface area contributed by atoms with Crippen LogP contribution in [0.2, 0.25) is 5.02 Å². The van der Waals surface area contributed by atoms with Crippen molar-refractivity contribution in [3.63, 3.8) is 0 Å². The molecule has 0 bridgehead atoms. The molecule has 0 aliphatic carbocycles. The molecule has 0 fully saturated rings. The highest BCUT2D eigenvalue weighted by Crippen LogP contribution is 2.15. The Labute approximate surface area is 94.6 Å². The van der Waals surface area contributed by atoms with E-state index in [1.54, 1.807) is 12.1 Å². The lowest BCUT2D eigenvalue weighted by Gasteiger charge is -2.10. The van der Waals surface area contributed by atoms with Gasteiger partial charge in [-0.3, -0.25) is 5.32 Å². The van der Waals surface area contributed by atoms with E-state index < -0.39 is 5.82 Å². The largest absolute Gasteiger partial charge is 0.300 e. The zero-order chi connectivity index (χ0) is 11.3. The second-order valence-corrected chi connectivity index (χ2v) is 3.66. The first-order valence-corrected chi connectivity index (χ1v) is 5.18. The Morgan fingerprint density at radius 1 is 1.60 bits per heavy atom. The molecule has 0 aliphatic heterocycles. The van der Waals surface area contributed by atoms with E-state index in [-0.39, 0.29) is 11.1 Å². The van der Waals surface area contributed by atoms with Crippen LogP contribution in [0.1, 0.15) is 18.9 Å². The number of rotatable bonds is 4. The summed E-state index contributed by atoms with van der Waals surface area (Å²) in [6, 6.07) is 4.70. The summed E-state index contributed by atoms with van der Waals surface area (Å²) < 4.78 is 12.8. The molecule has 0 saturated heterocycles. The molecule has 80 valence electrons. The molecule has 1 rings (SSSR count). The van der Waals surface area contributed by atoms with Crippen molar-refractivity contribution in [3.8, 4) is 12.3 Å². The van der Waals surface area contributed by atoms with Gasteiger partial charge < -0.3 is 0 Å². The smallest absolute Gasteiger partial charge is 0.141 e. The van der Waals surface area contributed by atoms with E-state index in [1.165, 1.54) is 6.07 Å². The molecule has 1 unspecified atom stereocenters. The summed E-state index contributed by atoms with van der Waals surface area (Å²) in [7, 11) is 0. The molecule has 1 N–H and O–H groups in total. The molecule has 0 aliphatic rings. The lowest BCUT2D eigenvalue weighted by atomic mass is 10.2. The SMILES string of the molecule is C#CC(CC)NCc1ccc(F)c(Cl)c1. The summed E-state index contributed by atoms with van der Waals surface area (Å²) in [6.07, 6.45) is 6.17. The number of benzene rings is 1. The number of terminal acetylenes is 1. The predicted molar refractivity (Wildman–Crippen MR) is 61.2 cm³/mol. The Bertz CT molecular complexity index is 370. The third-order valence-electron chi connectivity index (χ3n) is 2.15. The fourth-order valence-corrected chi connectivity index (χ4v) is 1.41. The first kappa shape index (κ1) is 12.0. The van der Waals surface area contributed by atoms with E-state index in [4.69, 9.17) is 18.0 Å². The van der Waals surface area contributed by atoms with Crippen LogP contribution in [0, 0.1) is 18.2 Å². The molecule has 1 aromatic rings. The van der Waals surface area contributed by atoms with Gasteiger partial charge in [0.2, 0.25) is 0 Å². The average molecular weight is 226 g/mol. The van der Waals surface area contributed by atoms with E-state index in [0.717, 1.165) is 12.0 Å². The molecule has 15 heavy (non-hydrogen) atoms. The van der Waals surface area contributed by atoms with Crippen molar-refractivity contribution in [3.05, 3.63) is 34.6 Å². The molecule has 1 atom stereocenters. The van der Waals surface area contributed by atoms with E-state index in [2.05, 4.69) is 11.2 Å². The highest BCUT2D eigenvalue weighted by atomic mass is 35.5. The van der Waals surface area contributed by atoms with Gasteiger partial charge in [-0.25, -0.2) is 4.39 Å². The molecule has 1 aromatic carbocycles. The van der Waals surface area contributed by atoms with Crippen molar-refractivity contribution < 1.29 is 4.39 Å². The van der Waals surface area contributed by atoms with Crippen LogP contribution in [-0.2, 0) is 6.54 Å². The first-order valence-electron chi connectivity index (χ1n) is 4.80. The van der Waals surface area contributed by atoms with Crippen LogP contribution in [0.25, 0.3) is 0 Å². The maximum atomic E-state index is 12.8. The monoisotopic (exact) mass is 225 g/mol. The summed E-state index contributed by atoms with van der Waals surface area (Å²) in [5.74, 6) is 2.23. The number of hydrogen-bond donors (Lipinski definition) is 1. The van der Waals surface area contributed by atoms with Crippen molar-refractivity contribution in [2.45, 2.75) is 25.9 Å². The number of hydrogen-bond acceptors (Lipinski definition) is 1. The molecular formula is C12H13ClFN. The standard InChI is InChI=1S/C12H13ClFN/c1-3-10(4-2)15-8-9-5-6-12(14)11(13)7-9/h1,5-7,10,15H,4,8H2,2H3. The second kappa shape index (κ2) is 5.75. The zero-order valence-corrected chi connectivity index (χ0v) is 9.31.